The summed E-state index contributed by atoms with van der Waals surface area (Å²) in [7, 11) is 0. The van der Waals surface area contributed by atoms with Crippen LogP contribution in [-0.4, -0.2) is 18.6 Å². The summed E-state index contributed by atoms with van der Waals surface area (Å²) in [4.78, 5) is 12.6. The normalized spacial score (nSPS) is 14.1. The summed E-state index contributed by atoms with van der Waals surface area (Å²) in [5, 5.41) is 14.9. The van der Waals surface area contributed by atoms with Crippen LogP contribution in [0.1, 0.15) is 43.7 Å². The largest absolute Gasteiger partial charge is 0.490 e. The summed E-state index contributed by atoms with van der Waals surface area (Å²) >= 11 is 3.59. The molecule has 34 heavy (non-hydrogen) atoms. The Labute approximate surface area is 208 Å². The molecule has 1 aliphatic carbocycles. The monoisotopic (exact) mass is 518 g/mol. The molecular weight excluding hydrogens is 492 g/mol. The van der Waals surface area contributed by atoms with Gasteiger partial charge in [0, 0.05) is 6.04 Å². The molecule has 0 spiro atoms. The van der Waals surface area contributed by atoms with Crippen LogP contribution in [0.5, 0.6) is 11.5 Å². The number of nitrogens with zero attached hydrogens (tertiary/aromatic N) is 1. The minimum Gasteiger partial charge on any atom is -0.490 e. The zero-order valence-corrected chi connectivity index (χ0v) is 20.7. The Kier molecular flexibility index (Phi) is 7.87. The van der Waals surface area contributed by atoms with E-state index >= 15 is 0 Å². The average Bonchev–Trinajstić information content (AvgIpc) is 3.35. The van der Waals surface area contributed by atoms with E-state index in [1.807, 2.05) is 37.3 Å². The third kappa shape index (κ3) is 5.60. The maximum absolute atomic E-state index is 12.6. The molecule has 0 heterocycles. The van der Waals surface area contributed by atoms with E-state index in [2.05, 4.69) is 45.5 Å². The molecule has 1 amide bonds. The SMILES string of the molecule is CCOc1cc(/C=C(/C#N)C(=O)NC2CCCC2)cc(Br)c1OCc1cccc2ccccc12. The maximum atomic E-state index is 12.6. The molecule has 0 saturated heterocycles. The van der Waals surface area contributed by atoms with Gasteiger partial charge in [0.25, 0.3) is 5.91 Å². The molecule has 1 fully saturated rings. The predicted molar refractivity (Wildman–Crippen MR) is 138 cm³/mol. The standard InChI is InChI=1S/C28H27BrN2O3/c1-2-33-26-16-19(14-22(17-30)28(32)31-23-11-4-5-12-23)15-25(29)27(26)34-18-21-10-7-9-20-8-3-6-13-24(20)21/h3,6-10,13-16,23H,2,4-5,11-12,18H2,1H3,(H,31,32)/b22-14-. The van der Waals surface area contributed by atoms with Crippen molar-refractivity contribution in [2.45, 2.75) is 45.3 Å². The van der Waals surface area contributed by atoms with Gasteiger partial charge >= 0.3 is 0 Å². The highest BCUT2D eigenvalue weighted by atomic mass is 79.9. The summed E-state index contributed by atoms with van der Waals surface area (Å²) in [6.07, 6.45) is 5.75. The number of nitriles is 1. The van der Waals surface area contributed by atoms with Crippen molar-refractivity contribution in [2.75, 3.05) is 6.61 Å². The second kappa shape index (κ2) is 11.2. The Morgan fingerprint density at radius 1 is 1.15 bits per heavy atom. The molecule has 1 aliphatic rings. The van der Waals surface area contributed by atoms with E-state index in [0.29, 0.717) is 34.7 Å². The van der Waals surface area contributed by atoms with Crippen LogP contribution in [0.2, 0.25) is 0 Å². The topological polar surface area (TPSA) is 71.3 Å². The van der Waals surface area contributed by atoms with E-state index in [1.54, 1.807) is 12.1 Å². The molecule has 0 aromatic heterocycles. The molecule has 0 bridgehead atoms. The number of halogens is 1. The van der Waals surface area contributed by atoms with Gasteiger partial charge in [0.2, 0.25) is 0 Å². The summed E-state index contributed by atoms with van der Waals surface area (Å²) in [5.41, 5.74) is 1.84. The van der Waals surface area contributed by atoms with Crippen LogP contribution in [0.15, 0.2) is 64.6 Å². The number of hydrogen-bond acceptors (Lipinski definition) is 4. The molecule has 0 radical (unpaired) electrons. The van der Waals surface area contributed by atoms with Crippen LogP contribution in [0.4, 0.5) is 0 Å². The molecule has 0 aliphatic heterocycles. The summed E-state index contributed by atoms with van der Waals surface area (Å²) in [5.74, 6) is 0.803. The molecule has 1 saturated carbocycles. The van der Waals surface area contributed by atoms with E-state index in [1.165, 1.54) is 0 Å². The highest BCUT2D eigenvalue weighted by Gasteiger charge is 2.20. The molecule has 3 aromatic carbocycles. The minimum absolute atomic E-state index is 0.0747. The number of amides is 1. The lowest BCUT2D eigenvalue weighted by Gasteiger charge is -2.16. The minimum atomic E-state index is -0.334. The van der Waals surface area contributed by atoms with Crippen molar-refractivity contribution >= 4 is 38.7 Å². The van der Waals surface area contributed by atoms with Gasteiger partial charge in [0.05, 0.1) is 11.1 Å². The Bertz CT molecular complexity index is 1250. The lowest BCUT2D eigenvalue weighted by Crippen LogP contribution is -2.33. The van der Waals surface area contributed by atoms with E-state index in [9.17, 15) is 10.1 Å². The number of hydrogen-bond donors (Lipinski definition) is 1. The Hall–Kier alpha value is -3.30. The van der Waals surface area contributed by atoms with Crippen LogP contribution >= 0.6 is 15.9 Å². The van der Waals surface area contributed by atoms with Crippen LogP contribution in [0.3, 0.4) is 0 Å². The molecule has 3 aromatic rings. The molecule has 6 heteroatoms. The van der Waals surface area contributed by atoms with E-state index < -0.39 is 0 Å². The molecule has 1 N–H and O–H groups in total. The Morgan fingerprint density at radius 2 is 1.91 bits per heavy atom. The lowest BCUT2D eigenvalue weighted by atomic mass is 10.1. The second-order valence-corrected chi connectivity index (χ2v) is 9.17. The van der Waals surface area contributed by atoms with Crippen LogP contribution in [-0.2, 0) is 11.4 Å². The zero-order valence-electron chi connectivity index (χ0n) is 19.1. The molecular formula is C28H27BrN2O3. The third-order valence-electron chi connectivity index (χ3n) is 5.95. The van der Waals surface area contributed by atoms with Crippen molar-refractivity contribution in [2.24, 2.45) is 0 Å². The predicted octanol–water partition coefficient (Wildman–Crippen LogP) is 6.55. The van der Waals surface area contributed by atoms with E-state index in [0.717, 1.165) is 42.0 Å². The van der Waals surface area contributed by atoms with Crippen molar-refractivity contribution in [3.63, 3.8) is 0 Å². The number of rotatable bonds is 8. The number of nitrogens with one attached hydrogen (secondary N) is 1. The summed E-state index contributed by atoms with van der Waals surface area (Å²) < 4.78 is 12.7. The summed E-state index contributed by atoms with van der Waals surface area (Å²) in [6, 6.07) is 20.2. The molecule has 174 valence electrons. The zero-order chi connectivity index (χ0) is 23.9. The number of carbonyl (C=O) groups excluding carboxylic acids is 1. The second-order valence-electron chi connectivity index (χ2n) is 8.31. The fourth-order valence-electron chi connectivity index (χ4n) is 4.29. The van der Waals surface area contributed by atoms with Gasteiger partial charge in [-0.25, -0.2) is 0 Å². The van der Waals surface area contributed by atoms with Gasteiger partial charge in [-0.3, -0.25) is 4.79 Å². The molecule has 0 unspecified atom stereocenters. The average molecular weight is 519 g/mol. The smallest absolute Gasteiger partial charge is 0.262 e. The highest BCUT2D eigenvalue weighted by molar-refractivity contribution is 9.10. The number of fused-ring (bicyclic) bond motifs is 1. The van der Waals surface area contributed by atoms with E-state index in [-0.39, 0.29) is 17.5 Å². The summed E-state index contributed by atoms with van der Waals surface area (Å²) in [6.45, 7) is 2.74. The number of carbonyl (C=O) groups is 1. The fourth-order valence-corrected chi connectivity index (χ4v) is 4.87. The van der Waals surface area contributed by atoms with Gasteiger partial charge in [-0.1, -0.05) is 55.3 Å². The maximum Gasteiger partial charge on any atom is 0.262 e. The number of benzene rings is 3. The van der Waals surface area contributed by atoms with E-state index in [4.69, 9.17) is 9.47 Å². The first-order chi connectivity index (χ1) is 16.6. The van der Waals surface area contributed by atoms with Crippen molar-refractivity contribution in [3.8, 4) is 17.6 Å². The van der Waals surface area contributed by atoms with Gasteiger partial charge in [-0.15, -0.1) is 0 Å². The van der Waals surface area contributed by atoms with Crippen molar-refractivity contribution < 1.29 is 14.3 Å². The first kappa shape index (κ1) is 23.8. The van der Waals surface area contributed by atoms with Crippen LogP contribution < -0.4 is 14.8 Å². The van der Waals surface area contributed by atoms with Gasteiger partial charge in [0.1, 0.15) is 18.2 Å². The van der Waals surface area contributed by atoms with Crippen molar-refractivity contribution in [1.82, 2.24) is 5.32 Å². The van der Waals surface area contributed by atoms with Gasteiger partial charge in [-0.05, 0) is 75.8 Å². The fraction of sp³-hybridized carbons (Fsp3) is 0.286. The van der Waals surface area contributed by atoms with Crippen molar-refractivity contribution in [3.05, 3.63) is 75.8 Å². The Morgan fingerprint density at radius 3 is 2.68 bits per heavy atom. The van der Waals surface area contributed by atoms with Crippen molar-refractivity contribution in [1.29, 1.82) is 5.26 Å². The first-order valence-electron chi connectivity index (χ1n) is 11.6. The first-order valence-corrected chi connectivity index (χ1v) is 12.4. The van der Waals surface area contributed by atoms with Crippen LogP contribution in [0.25, 0.3) is 16.8 Å². The molecule has 4 rings (SSSR count). The van der Waals surface area contributed by atoms with Gasteiger partial charge in [0.15, 0.2) is 11.5 Å². The Balaban J connectivity index is 1.57. The molecule has 5 nitrogen and oxygen atoms in total. The number of ether oxygens (including phenoxy) is 2. The third-order valence-corrected chi connectivity index (χ3v) is 6.54. The lowest BCUT2D eigenvalue weighted by molar-refractivity contribution is -0.117. The van der Waals surface area contributed by atoms with Gasteiger partial charge < -0.3 is 14.8 Å². The molecule has 0 atom stereocenters. The van der Waals surface area contributed by atoms with Crippen LogP contribution in [0, 0.1) is 11.3 Å². The van der Waals surface area contributed by atoms with Gasteiger partial charge in [-0.2, -0.15) is 5.26 Å². The highest BCUT2D eigenvalue weighted by Crippen LogP contribution is 2.38. The quantitative estimate of drug-likeness (QED) is 0.271.